The number of aromatic nitrogens is 1. The molecular weight excluding hydrogens is 354 g/mol. The molecule has 0 amide bonds. The Balaban J connectivity index is 2.24. The Hall–Kier alpha value is -2.79. The van der Waals surface area contributed by atoms with Gasteiger partial charge in [-0.3, -0.25) is 9.36 Å². The number of pyridine rings is 1. The van der Waals surface area contributed by atoms with E-state index in [9.17, 15) is 14.7 Å². The lowest BCUT2D eigenvalue weighted by Gasteiger charge is -2.14. The predicted molar refractivity (Wildman–Crippen MR) is 102 cm³/mol. The Kier molecular flexibility index (Phi) is 5.00. The van der Waals surface area contributed by atoms with Gasteiger partial charge < -0.3 is 9.84 Å². The van der Waals surface area contributed by atoms with Gasteiger partial charge in [0.25, 0.3) is 5.56 Å². The molecule has 0 radical (unpaired) electrons. The molecule has 3 aromatic rings. The molecule has 0 aliphatic carbocycles. The highest BCUT2D eigenvalue weighted by Crippen LogP contribution is 2.23. The highest BCUT2D eigenvalue weighted by atomic mass is 35.5. The number of hydrogen-bond acceptors (Lipinski definition) is 3. The van der Waals surface area contributed by atoms with E-state index < -0.39 is 5.97 Å². The molecule has 0 atom stereocenters. The first-order valence-electron chi connectivity index (χ1n) is 8.11. The van der Waals surface area contributed by atoms with Crippen LogP contribution in [0.4, 0.5) is 0 Å². The summed E-state index contributed by atoms with van der Waals surface area (Å²) >= 11 is 5.65. The summed E-state index contributed by atoms with van der Waals surface area (Å²) in [5.74, 6) is -0.103. The van der Waals surface area contributed by atoms with Gasteiger partial charge in [-0.15, -0.1) is 11.6 Å². The summed E-state index contributed by atoms with van der Waals surface area (Å²) in [5, 5.41) is 10.6. The number of benzene rings is 2. The largest absolute Gasteiger partial charge is 0.492 e. The third-order valence-corrected chi connectivity index (χ3v) is 4.40. The van der Waals surface area contributed by atoms with Crippen LogP contribution in [0.2, 0.25) is 0 Å². The van der Waals surface area contributed by atoms with Crippen molar-refractivity contribution in [3.63, 3.8) is 0 Å². The third kappa shape index (κ3) is 3.30. The second-order valence-electron chi connectivity index (χ2n) is 6.04. The van der Waals surface area contributed by atoms with E-state index in [0.717, 1.165) is 16.5 Å². The maximum Gasteiger partial charge on any atom is 0.335 e. The first-order valence-corrected chi connectivity index (χ1v) is 8.65. The van der Waals surface area contributed by atoms with Crippen molar-refractivity contribution in [3.8, 4) is 11.4 Å². The van der Waals surface area contributed by atoms with E-state index in [1.54, 1.807) is 18.3 Å². The van der Waals surface area contributed by atoms with Gasteiger partial charge in [0.1, 0.15) is 12.4 Å². The van der Waals surface area contributed by atoms with Crippen molar-refractivity contribution in [2.45, 2.75) is 13.8 Å². The second-order valence-corrected chi connectivity index (χ2v) is 6.42. The Labute approximate surface area is 155 Å². The summed E-state index contributed by atoms with van der Waals surface area (Å²) in [5.41, 5.74) is 2.17. The topological polar surface area (TPSA) is 68.5 Å². The number of aryl methyl sites for hydroxylation is 2. The quantitative estimate of drug-likeness (QED) is 0.690. The highest BCUT2D eigenvalue weighted by Gasteiger charge is 2.13. The van der Waals surface area contributed by atoms with Crippen LogP contribution in [-0.2, 0) is 0 Å². The van der Waals surface area contributed by atoms with Gasteiger partial charge in [0, 0.05) is 6.20 Å². The molecule has 0 saturated heterocycles. The van der Waals surface area contributed by atoms with Crippen molar-refractivity contribution >= 4 is 28.3 Å². The van der Waals surface area contributed by atoms with Crippen LogP contribution < -0.4 is 10.3 Å². The number of rotatable bonds is 5. The van der Waals surface area contributed by atoms with E-state index in [1.807, 2.05) is 26.0 Å². The molecule has 26 heavy (non-hydrogen) atoms. The van der Waals surface area contributed by atoms with Gasteiger partial charge in [0.15, 0.2) is 0 Å². The molecule has 0 spiro atoms. The van der Waals surface area contributed by atoms with Gasteiger partial charge in [-0.2, -0.15) is 0 Å². The van der Waals surface area contributed by atoms with Crippen LogP contribution in [0.3, 0.4) is 0 Å². The fourth-order valence-electron chi connectivity index (χ4n) is 2.92. The van der Waals surface area contributed by atoms with Crippen LogP contribution >= 0.6 is 11.6 Å². The molecule has 1 heterocycles. The minimum absolute atomic E-state index is 0.134. The van der Waals surface area contributed by atoms with Crippen molar-refractivity contribution in [1.82, 2.24) is 4.57 Å². The molecule has 3 rings (SSSR count). The Morgan fingerprint density at radius 2 is 1.88 bits per heavy atom. The Morgan fingerprint density at radius 3 is 2.58 bits per heavy atom. The maximum atomic E-state index is 13.1. The SMILES string of the molecule is Cc1ccc(C(=O)O)cc1-n1cc(C)c2ccc(OCCCl)cc2c1=O. The molecule has 0 aliphatic rings. The summed E-state index contributed by atoms with van der Waals surface area (Å²) in [6, 6.07) is 10.1. The number of fused-ring (bicyclic) bond motifs is 1. The van der Waals surface area contributed by atoms with Crippen LogP contribution in [0.15, 0.2) is 47.4 Å². The molecule has 1 N–H and O–H groups in total. The van der Waals surface area contributed by atoms with Crippen LogP contribution in [-0.4, -0.2) is 28.1 Å². The molecule has 0 unspecified atom stereocenters. The van der Waals surface area contributed by atoms with Gasteiger partial charge in [-0.05, 0) is 54.6 Å². The zero-order valence-corrected chi connectivity index (χ0v) is 15.2. The monoisotopic (exact) mass is 371 g/mol. The van der Waals surface area contributed by atoms with Crippen LogP contribution in [0, 0.1) is 13.8 Å². The van der Waals surface area contributed by atoms with E-state index in [4.69, 9.17) is 16.3 Å². The summed E-state index contributed by atoms with van der Waals surface area (Å²) in [7, 11) is 0. The van der Waals surface area contributed by atoms with Gasteiger partial charge in [0.2, 0.25) is 0 Å². The number of carboxylic acid groups (broad SMARTS) is 1. The van der Waals surface area contributed by atoms with E-state index in [2.05, 4.69) is 0 Å². The summed E-state index contributed by atoms with van der Waals surface area (Å²) < 4.78 is 7.01. The Morgan fingerprint density at radius 1 is 1.12 bits per heavy atom. The van der Waals surface area contributed by atoms with Crippen LogP contribution in [0.5, 0.6) is 5.75 Å². The van der Waals surface area contributed by atoms with Gasteiger partial charge in [-0.25, -0.2) is 4.79 Å². The molecular formula is C20H18ClNO4. The maximum absolute atomic E-state index is 13.1. The number of aromatic carboxylic acids is 1. The zero-order chi connectivity index (χ0) is 18.8. The van der Waals surface area contributed by atoms with E-state index in [0.29, 0.717) is 29.3 Å². The number of ether oxygens (including phenoxy) is 1. The molecule has 1 aromatic heterocycles. The minimum atomic E-state index is -1.03. The van der Waals surface area contributed by atoms with E-state index in [1.165, 1.54) is 16.7 Å². The number of hydrogen-bond donors (Lipinski definition) is 1. The molecule has 0 fully saturated rings. The first kappa shape index (κ1) is 18.0. The third-order valence-electron chi connectivity index (χ3n) is 4.25. The highest BCUT2D eigenvalue weighted by molar-refractivity contribution is 6.18. The fourth-order valence-corrected chi connectivity index (χ4v) is 3.00. The van der Waals surface area contributed by atoms with Crippen molar-refractivity contribution in [2.24, 2.45) is 0 Å². The van der Waals surface area contributed by atoms with Crippen LogP contribution in [0.25, 0.3) is 16.5 Å². The summed E-state index contributed by atoms with van der Waals surface area (Å²) in [6.07, 6.45) is 1.73. The van der Waals surface area contributed by atoms with Gasteiger partial charge in [0.05, 0.1) is 22.5 Å². The smallest absolute Gasteiger partial charge is 0.335 e. The molecule has 0 bridgehead atoms. The second kappa shape index (κ2) is 7.22. The molecule has 6 heteroatoms. The lowest BCUT2D eigenvalue weighted by Crippen LogP contribution is -2.20. The number of halogens is 1. The number of alkyl halides is 1. The average molecular weight is 372 g/mol. The molecule has 0 aliphatic heterocycles. The lowest BCUT2D eigenvalue weighted by molar-refractivity contribution is 0.0697. The van der Waals surface area contributed by atoms with Crippen molar-refractivity contribution in [1.29, 1.82) is 0 Å². The molecule has 5 nitrogen and oxygen atoms in total. The van der Waals surface area contributed by atoms with E-state index >= 15 is 0 Å². The number of carbonyl (C=O) groups is 1. The van der Waals surface area contributed by atoms with E-state index in [-0.39, 0.29) is 11.1 Å². The number of carboxylic acids is 1. The van der Waals surface area contributed by atoms with Gasteiger partial charge >= 0.3 is 5.97 Å². The number of nitrogens with zero attached hydrogens (tertiary/aromatic N) is 1. The minimum Gasteiger partial charge on any atom is -0.492 e. The van der Waals surface area contributed by atoms with Crippen molar-refractivity contribution < 1.29 is 14.6 Å². The Bertz CT molecular complexity index is 1060. The molecule has 134 valence electrons. The molecule has 0 saturated carbocycles. The lowest BCUT2D eigenvalue weighted by atomic mass is 10.1. The average Bonchev–Trinajstić information content (AvgIpc) is 2.63. The fraction of sp³-hybridized carbons (Fsp3) is 0.200. The predicted octanol–water partition coefficient (Wildman–Crippen LogP) is 3.92. The standard InChI is InChI=1S/C20H18ClNO4/c1-12-3-4-14(20(24)25)9-18(12)22-11-13(2)16-6-5-15(26-8-7-21)10-17(16)19(22)23/h3-6,9-11H,7-8H2,1-2H3,(H,24,25). The zero-order valence-electron chi connectivity index (χ0n) is 14.5. The van der Waals surface area contributed by atoms with Crippen molar-refractivity contribution in [3.05, 3.63) is 69.6 Å². The summed E-state index contributed by atoms with van der Waals surface area (Å²) in [6.45, 7) is 4.10. The molecule has 2 aromatic carbocycles. The van der Waals surface area contributed by atoms with Gasteiger partial charge in [-0.1, -0.05) is 12.1 Å². The van der Waals surface area contributed by atoms with Crippen molar-refractivity contribution in [2.75, 3.05) is 12.5 Å². The summed E-state index contributed by atoms with van der Waals surface area (Å²) in [4.78, 5) is 24.4. The first-order chi connectivity index (χ1) is 12.4. The normalized spacial score (nSPS) is 10.9. The van der Waals surface area contributed by atoms with Crippen LogP contribution in [0.1, 0.15) is 21.5 Å².